The molecule has 0 radical (unpaired) electrons. The fraction of sp³-hybridized carbons (Fsp3) is 0.238. The van der Waals surface area contributed by atoms with Gasteiger partial charge in [-0.15, -0.1) is 0 Å². The molecule has 7 aromatic carbocycles. The topological polar surface area (TPSA) is 60.2 Å². The Morgan fingerprint density at radius 2 is 1.13 bits per heavy atom. The molecule has 0 unspecified atom stereocenters. The Kier molecular flexibility index (Phi) is 10.6. The van der Waals surface area contributed by atoms with Crippen molar-refractivity contribution in [2.75, 3.05) is 0 Å². The molecule has 9 aromatic rings. The minimum absolute atomic E-state index is 0.0901. The maximum absolute atomic E-state index is 12.6. The number of ether oxygens (including phenoxy) is 1. The minimum Gasteiger partial charge on any atom is -0.507 e. The van der Waals surface area contributed by atoms with Crippen LogP contribution in [0.3, 0.4) is 0 Å². The Balaban J connectivity index is 1.31. The molecule has 68 heavy (non-hydrogen) atoms. The van der Waals surface area contributed by atoms with Crippen molar-refractivity contribution >= 4 is 11.0 Å². The van der Waals surface area contributed by atoms with E-state index in [1.165, 1.54) is 5.56 Å². The fourth-order valence-corrected chi connectivity index (χ4v) is 9.84. The predicted octanol–water partition coefficient (Wildman–Crippen LogP) is 16.6. The van der Waals surface area contributed by atoms with Gasteiger partial charge in [-0.3, -0.25) is 9.55 Å². The van der Waals surface area contributed by atoms with Gasteiger partial charge in [-0.25, -0.2) is 4.98 Å². The van der Waals surface area contributed by atoms with Crippen molar-refractivity contribution in [3.8, 4) is 84.3 Å². The highest BCUT2D eigenvalue weighted by Gasteiger charge is 2.36. The average molecular weight is 892 g/mol. The molecular formula is C63H61N3O2. The highest BCUT2D eigenvalue weighted by molar-refractivity contribution is 6.00. The maximum atomic E-state index is 12.6. The van der Waals surface area contributed by atoms with Gasteiger partial charge in [0.15, 0.2) is 0 Å². The molecule has 1 aliphatic rings. The van der Waals surface area contributed by atoms with Gasteiger partial charge in [0, 0.05) is 39.6 Å². The van der Waals surface area contributed by atoms with Crippen molar-refractivity contribution in [2.24, 2.45) is 0 Å². The molecule has 0 bridgehead atoms. The van der Waals surface area contributed by atoms with Gasteiger partial charge in [-0.2, -0.15) is 0 Å². The van der Waals surface area contributed by atoms with Gasteiger partial charge in [-0.05, 0) is 118 Å². The number of hydrogen-bond acceptors (Lipinski definition) is 4. The Bertz CT molecular complexity index is 3390. The van der Waals surface area contributed by atoms with E-state index < -0.39 is 5.60 Å². The molecule has 0 saturated heterocycles. The smallest absolute Gasteiger partial charge is 0.149 e. The van der Waals surface area contributed by atoms with E-state index in [4.69, 9.17) is 14.7 Å². The number of benzene rings is 7. The van der Waals surface area contributed by atoms with Crippen LogP contribution >= 0.6 is 0 Å². The van der Waals surface area contributed by atoms with Crippen LogP contribution in [0.4, 0.5) is 0 Å². The third kappa shape index (κ3) is 7.88. The van der Waals surface area contributed by atoms with Crippen LogP contribution in [-0.4, -0.2) is 19.6 Å². The standard InChI is InChI=1S/C63H61N3O2/c1-60(2,3)43-29-30-54(47(36-43)40-23-16-13-17-24-40)66-55-28-20-26-45(56(55)65-59(66)50-37-44(61(4,5)6)38-52(57(50)67)62(7,8)9)42-33-48-46-25-18-19-27-51(46)63(10,11)68-58(48)49(34-42)53-35-41(31-32-64-53)39-21-14-12-15-22-39/h12-38,67H,1-11H3. The van der Waals surface area contributed by atoms with Gasteiger partial charge in [0.1, 0.15) is 22.9 Å². The summed E-state index contributed by atoms with van der Waals surface area (Å²) in [5, 5.41) is 12.6. The summed E-state index contributed by atoms with van der Waals surface area (Å²) < 4.78 is 9.37. The summed E-state index contributed by atoms with van der Waals surface area (Å²) in [7, 11) is 0. The lowest BCUT2D eigenvalue weighted by Gasteiger charge is -2.36. The highest BCUT2D eigenvalue weighted by Crippen LogP contribution is 2.52. The molecule has 5 nitrogen and oxygen atoms in total. The summed E-state index contributed by atoms with van der Waals surface area (Å²) in [6.07, 6.45) is 1.90. The van der Waals surface area contributed by atoms with Crippen LogP contribution in [0.2, 0.25) is 0 Å². The second-order valence-corrected chi connectivity index (χ2v) is 22.1. The van der Waals surface area contributed by atoms with Crippen LogP contribution in [0, 0.1) is 0 Å². The number of para-hydroxylation sites is 1. The molecule has 0 aliphatic carbocycles. The van der Waals surface area contributed by atoms with Crippen LogP contribution in [0.25, 0.3) is 83.9 Å². The van der Waals surface area contributed by atoms with E-state index in [1.54, 1.807) is 0 Å². The van der Waals surface area contributed by atoms with Crippen molar-refractivity contribution in [2.45, 2.75) is 98.0 Å². The second kappa shape index (κ2) is 16.2. The zero-order chi connectivity index (χ0) is 47.9. The number of phenolic OH excluding ortho intramolecular Hbond substituents is 1. The molecule has 1 aliphatic heterocycles. The molecule has 340 valence electrons. The zero-order valence-electron chi connectivity index (χ0n) is 41.3. The van der Waals surface area contributed by atoms with Crippen LogP contribution < -0.4 is 4.74 Å². The number of fused-ring (bicyclic) bond motifs is 4. The minimum atomic E-state index is -0.584. The quantitative estimate of drug-likeness (QED) is 0.181. The summed E-state index contributed by atoms with van der Waals surface area (Å²) >= 11 is 0. The number of aromatic nitrogens is 3. The molecule has 0 amide bonds. The number of nitrogens with zero attached hydrogens (tertiary/aromatic N) is 3. The highest BCUT2D eigenvalue weighted by atomic mass is 16.5. The Morgan fingerprint density at radius 1 is 0.500 bits per heavy atom. The van der Waals surface area contributed by atoms with E-state index in [-0.39, 0.29) is 22.0 Å². The SMILES string of the molecule is CC(C)(C)c1ccc(-n2c(-c3cc(C(C)(C)C)cc(C(C)(C)C)c3O)nc3c(-c4cc(-c5cc(-c6ccccc6)ccn5)c5c(c4)-c4ccccc4C(C)(C)O5)cccc32)c(-c2ccccc2)c1. The molecule has 0 spiro atoms. The first-order chi connectivity index (χ1) is 32.3. The number of pyridine rings is 1. The van der Waals surface area contributed by atoms with E-state index in [9.17, 15) is 5.11 Å². The predicted molar refractivity (Wildman–Crippen MR) is 283 cm³/mol. The summed E-state index contributed by atoms with van der Waals surface area (Å²) in [6.45, 7) is 24.3. The van der Waals surface area contributed by atoms with Crippen molar-refractivity contribution in [1.29, 1.82) is 0 Å². The van der Waals surface area contributed by atoms with Crippen molar-refractivity contribution in [3.63, 3.8) is 0 Å². The first-order valence-electron chi connectivity index (χ1n) is 23.9. The van der Waals surface area contributed by atoms with Crippen molar-refractivity contribution in [1.82, 2.24) is 14.5 Å². The lowest BCUT2D eigenvalue weighted by atomic mass is 9.79. The lowest BCUT2D eigenvalue weighted by Crippen LogP contribution is -2.29. The van der Waals surface area contributed by atoms with E-state index in [1.807, 2.05) is 12.3 Å². The third-order valence-electron chi connectivity index (χ3n) is 13.7. The zero-order valence-corrected chi connectivity index (χ0v) is 41.3. The Morgan fingerprint density at radius 3 is 1.82 bits per heavy atom. The van der Waals surface area contributed by atoms with Gasteiger partial charge in [-0.1, -0.05) is 172 Å². The average Bonchev–Trinajstić information content (AvgIpc) is 3.70. The number of phenols is 1. The number of imidazole rings is 1. The molecule has 10 rings (SSSR count). The van der Waals surface area contributed by atoms with Gasteiger partial charge >= 0.3 is 0 Å². The number of rotatable bonds is 6. The third-order valence-corrected chi connectivity index (χ3v) is 13.7. The molecule has 5 heteroatoms. The van der Waals surface area contributed by atoms with E-state index in [0.29, 0.717) is 11.4 Å². The van der Waals surface area contributed by atoms with Crippen molar-refractivity contribution < 1.29 is 9.84 Å². The number of aromatic hydroxyl groups is 1. The Labute approximate surface area is 402 Å². The maximum Gasteiger partial charge on any atom is 0.149 e. The van der Waals surface area contributed by atoms with E-state index >= 15 is 0 Å². The molecule has 0 saturated carbocycles. The Hall–Kier alpha value is -7.24. The van der Waals surface area contributed by atoms with E-state index in [2.05, 4.69) is 232 Å². The number of hydrogen-bond donors (Lipinski definition) is 1. The van der Waals surface area contributed by atoms with Crippen molar-refractivity contribution in [3.05, 3.63) is 186 Å². The molecule has 0 atom stereocenters. The summed E-state index contributed by atoms with van der Waals surface area (Å²) in [5.74, 6) is 1.72. The molecule has 3 heterocycles. The summed E-state index contributed by atoms with van der Waals surface area (Å²) in [4.78, 5) is 10.8. The van der Waals surface area contributed by atoms with Gasteiger partial charge < -0.3 is 9.84 Å². The normalized spacial score (nSPS) is 13.5. The van der Waals surface area contributed by atoms with E-state index in [0.717, 1.165) is 94.9 Å². The van der Waals surface area contributed by atoms with Gasteiger partial charge in [0.25, 0.3) is 0 Å². The fourth-order valence-electron chi connectivity index (χ4n) is 9.84. The molecule has 1 N–H and O–H groups in total. The monoisotopic (exact) mass is 891 g/mol. The van der Waals surface area contributed by atoms with Crippen LogP contribution in [0.15, 0.2) is 164 Å². The molecule has 2 aromatic heterocycles. The van der Waals surface area contributed by atoms with Crippen LogP contribution in [-0.2, 0) is 21.8 Å². The largest absolute Gasteiger partial charge is 0.507 e. The van der Waals surface area contributed by atoms with Gasteiger partial charge in [0.2, 0.25) is 0 Å². The van der Waals surface area contributed by atoms with Gasteiger partial charge in [0.05, 0.1) is 28.0 Å². The molecular weight excluding hydrogens is 831 g/mol. The first kappa shape index (κ1) is 44.6. The lowest BCUT2D eigenvalue weighted by molar-refractivity contribution is 0.106. The summed E-state index contributed by atoms with van der Waals surface area (Å²) in [5.41, 5.74) is 16.8. The second-order valence-electron chi connectivity index (χ2n) is 22.1. The van der Waals surface area contributed by atoms with Crippen LogP contribution in [0.1, 0.15) is 98.4 Å². The molecule has 0 fully saturated rings. The van der Waals surface area contributed by atoms with Crippen LogP contribution in [0.5, 0.6) is 11.5 Å². The first-order valence-corrected chi connectivity index (χ1v) is 23.9. The summed E-state index contributed by atoms with van der Waals surface area (Å²) in [6, 6.07) is 56.0.